The average molecular weight is 260 g/mol. The van der Waals surface area contributed by atoms with Crippen molar-refractivity contribution in [3.05, 3.63) is 0 Å². The third-order valence-electron chi connectivity index (χ3n) is 3.52. The summed E-state index contributed by atoms with van der Waals surface area (Å²) >= 11 is 3.51. The second kappa shape index (κ2) is 4.21. The van der Waals surface area contributed by atoms with Gasteiger partial charge in [0.05, 0.1) is 0 Å². The molecule has 0 spiro atoms. The van der Waals surface area contributed by atoms with E-state index < -0.39 is 0 Å². The fraction of sp³-hybridized carbons (Fsp3) is 0.909. The van der Waals surface area contributed by atoms with Gasteiger partial charge in [0.15, 0.2) is 0 Å². The van der Waals surface area contributed by atoms with E-state index in [2.05, 4.69) is 27.8 Å². The van der Waals surface area contributed by atoms with Crippen LogP contribution in [0.15, 0.2) is 0 Å². The predicted octanol–water partition coefficient (Wildman–Crippen LogP) is 2.42. The van der Waals surface area contributed by atoms with Crippen LogP contribution in [0.4, 0.5) is 0 Å². The summed E-state index contributed by atoms with van der Waals surface area (Å²) in [7, 11) is 0. The zero-order valence-electron chi connectivity index (χ0n) is 8.71. The smallest absolute Gasteiger partial charge is 0.223 e. The molecule has 0 radical (unpaired) electrons. The van der Waals surface area contributed by atoms with Gasteiger partial charge in [-0.05, 0) is 31.1 Å². The molecule has 1 saturated carbocycles. The summed E-state index contributed by atoms with van der Waals surface area (Å²) in [5.41, 5.74) is 0. The molecule has 0 N–H and O–H groups in total. The minimum atomic E-state index is 0.390. The van der Waals surface area contributed by atoms with Crippen LogP contribution in [0.2, 0.25) is 0 Å². The fourth-order valence-corrected chi connectivity index (χ4v) is 3.23. The lowest BCUT2D eigenvalue weighted by Gasteiger charge is -2.25. The summed E-state index contributed by atoms with van der Waals surface area (Å²) in [4.78, 5) is 14.0. The van der Waals surface area contributed by atoms with Gasteiger partial charge >= 0.3 is 0 Å². The van der Waals surface area contributed by atoms with Crippen molar-refractivity contribution in [3.63, 3.8) is 0 Å². The number of likely N-dealkylation sites (tertiary alicyclic amines) is 1. The highest BCUT2D eigenvalue weighted by molar-refractivity contribution is 9.09. The van der Waals surface area contributed by atoms with Gasteiger partial charge in [-0.15, -0.1) is 0 Å². The summed E-state index contributed by atoms with van der Waals surface area (Å²) in [6.07, 6.45) is 4.52. The van der Waals surface area contributed by atoms with Crippen LogP contribution in [0, 0.1) is 11.8 Å². The maximum absolute atomic E-state index is 11.9. The van der Waals surface area contributed by atoms with Crippen molar-refractivity contribution in [3.8, 4) is 0 Å². The van der Waals surface area contributed by atoms with Crippen LogP contribution in [-0.4, -0.2) is 28.7 Å². The molecule has 80 valence electrons. The van der Waals surface area contributed by atoms with Gasteiger partial charge in [0.2, 0.25) is 5.91 Å². The zero-order chi connectivity index (χ0) is 10.1. The minimum Gasteiger partial charge on any atom is -0.339 e. The highest BCUT2D eigenvalue weighted by Gasteiger charge is 2.35. The second-order valence-electron chi connectivity index (χ2n) is 4.72. The standard InChI is InChI=1S/C11H18BrNO/c1-8-4-5-13(10(8)7-12)11(14)6-9-2-3-9/h8-10H,2-7H2,1H3. The first-order valence-corrected chi connectivity index (χ1v) is 6.70. The van der Waals surface area contributed by atoms with Gasteiger partial charge in [0.25, 0.3) is 0 Å². The van der Waals surface area contributed by atoms with Crippen LogP contribution in [0.3, 0.4) is 0 Å². The van der Waals surface area contributed by atoms with Crippen LogP contribution in [-0.2, 0) is 4.79 Å². The van der Waals surface area contributed by atoms with E-state index in [0.29, 0.717) is 17.9 Å². The topological polar surface area (TPSA) is 20.3 Å². The third-order valence-corrected chi connectivity index (χ3v) is 4.18. The number of halogens is 1. The number of rotatable bonds is 3. The average Bonchev–Trinajstić information content (AvgIpc) is 2.88. The molecule has 2 rings (SSSR count). The van der Waals surface area contributed by atoms with Gasteiger partial charge in [0, 0.05) is 24.3 Å². The Morgan fingerprint density at radius 2 is 2.14 bits per heavy atom. The van der Waals surface area contributed by atoms with E-state index in [9.17, 15) is 4.79 Å². The van der Waals surface area contributed by atoms with Gasteiger partial charge in [-0.3, -0.25) is 4.79 Å². The van der Waals surface area contributed by atoms with Crippen molar-refractivity contribution in [1.29, 1.82) is 0 Å². The summed E-state index contributed by atoms with van der Waals surface area (Å²) in [5.74, 6) is 1.77. The van der Waals surface area contributed by atoms with Crippen molar-refractivity contribution < 1.29 is 4.79 Å². The highest BCUT2D eigenvalue weighted by atomic mass is 79.9. The van der Waals surface area contributed by atoms with Gasteiger partial charge in [-0.2, -0.15) is 0 Å². The maximum atomic E-state index is 11.9. The number of carbonyl (C=O) groups excluding carboxylic acids is 1. The number of carbonyl (C=O) groups is 1. The van der Waals surface area contributed by atoms with Crippen LogP contribution in [0.5, 0.6) is 0 Å². The van der Waals surface area contributed by atoms with Crippen molar-refractivity contribution in [2.75, 3.05) is 11.9 Å². The van der Waals surface area contributed by atoms with Crippen molar-refractivity contribution >= 4 is 21.8 Å². The monoisotopic (exact) mass is 259 g/mol. The first-order valence-electron chi connectivity index (χ1n) is 5.57. The molecule has 14 heavy (non-hydrogen) atoms. The van der Waals surface area contributed by atoms with Crippen molar-refractivity contribution in [2.45, 2.75) is 38.6 Å². The Kier molecular flexibility index (Phi) is 3.15. The van der Waals surface area contributed by atoms with Crippen LogP contribution < -0.4 is 0 Å². The van der Waals surface area contributed by atoms with Crippen molar-refractivity contribution in [1.82, 2.24) is 4.90 Å². The summed E-state index contributed by atoms with van der Waals surface area (Å²) in [6.45, 7) is 3.22. The molecule has 2 unspecified atom stereocenters. The van der Waals surface area contributed by atoms with Gasteiger partial charge in [-0.1, -0.05) is 22.9 Å². The predicted molar refractivity (Wildman–Crippen MR) is 60.4 cm³/mol. The zero-order valence-corrected chi connectivity index (χ0v) is 10.3. The molecule has 1 aliphatic heterocycles. The number of nitrogens with zero attached hydrogens (tertiary/aromatic N) is 1. The van der Waals surface area contributed by atoms with E-state index >= 15 is 0 Å². The fourth-order valence-electron chi connectivity index (χ4n) is 2.24. The Morgan fingerprint density at radius 1 is 1.43 bits per heavy atom. The molecule has 1 heterocycles. The molecule has 2 atom stereocenters. The molecule has 2 fully saturated rings. The molecule has 0 aromatic carbocycles. The molecule has 1 aliphatic carbocycles. The Balaban J connectivity index is 1.91. The lowest BCUT2D eigenvalue weighted by atomic mass is 10.1. The van der Waals surface area contributed by atoms with Gasteiger partial charge < -0.3 is 4.90 Å². The largest absolute Gasteiger partial charge is 0.339 e. The molecule has 1 saturated heterocycles. The van der Waals surface area contributed by atoms with Crippen LogP contribution in [0.1, 0.15) is 32.6 Å². The molecule has 0 bridgehead atoms. The van der Waals surface area contributed by atoms with Crippen LogP contribution in [0.25, 0.3) is 0 Å². The molecule has 2 nitrogen and oxygen atoms in total. The summed E-state index contributed by atoms with van der Waals surface area (Å²) in [5, 5.41) is 0.935. The quantitative estimate of drug-likeness (QED) is 0.714. The molecular formula is C11H18BrNO. The number of hydrogen-bond donors (Lipinski definition) is 0. The Labute approximate surface area is 94.2 Å². The Hall–Kier alpha value is -0.0500. The van der Waals surface area contributed by atoms with E-state index in [1.54, 1.807) is 0 Å². The number of alkyl halides is 1. The lowest BCUT2D eigenvalue weighted by Crippen LogP contribution is -2.38. The van der Waals surface area contributed by atoms with E-state index in [1.165, 1.54) is 19.3 Å². The maximum Gasteiger partial charge on any atom is 0.223 e. The van der Waals surface area contributed by atoms with E-state index in [0.717, 1.165) is 24.2 Å². The van der Waals surface area contributed by atoms with Gasteiger partial charge in [0.1, 0.15) is 0 Å². The molecule has 2 aliphatic rings. The first kappa shape index (κ1) is 10.5. The van der Waals surface area contributed by atoms with Gasteiger partial charge in [-0.25, -0.2) is 0 Å². The Bertz CT molecular complexity index is 227. The Morgan fingerprint density at radius 3 is 2.71 bits per heavy atom. The highest BCUT2D eigenvalue weighted by Crippen LogP contribution is 2.34. The summed E-state index contributed by atoms with van der Waals surface area (Å²) < 4.78 is 0. The summed E-state index contributed by atoms with van der Waals surface area (Å²) in [6, 6.07) is 0.446. The van der Waals surface area contributed by atoms with Crippen molar-refractivity contribution in [2.24, 2.45) is 11.8 Å². The van der Waals surface area contributed by atoms with Crippen LogP contribution >= 0.6 is 15.9 Å². The molecule has 1 amide bonds. The molecule has 0 aromatic heterocycles. The molecule has 3 heteroatoms. The van der Waals surface area contributed by atoms with E-state index in [4.69, 9.17) is 0 Å². The normalized spacial score (nSPS) is 32.3. The molecule has 0 aromatic rings. The third kappa shape index (κ3) is 2.13. The number of amides is 1. The molecular weight excluding hydrogens is 242 g/mol. The number of hydrogen-bond acceptors (Lipinski definition) is 1. The second-order valence-corrected chi connectivity index (χ2v) is 5.37. The lowest BCUT2D eigenvalue weighted by molar-refractivity contribution is -0.132. The van der Waals surface area contributed by atoms with E-state index in [-0.39, 0.29) is 0 Å². The first-order chi connectivity index (χ1) is 6.72. The van der Waals surface area contributed by atoms with E-state index in [1.807, 2.05) is 0 Å². The minimum absolute atomic E-state index is 0.390. The SMILES string of the molecule is CC1CCN(C(=O)CC2CC2)C1CBr.